The fraction of sp³-hybridized carbons (Fsp3) is 0.308. The van der Waals surface area contributed by atoms with Crippen molar-refractivity contribution in [3.8, 4) is 0 Å². The quantitative estimate of drug-likeness (QED) is 0.919. The summed E-state index contributed by atoms with van der Waals surface area (Å²) in [6.45, 7) is 3.00. The first-order valence-corrected chi connectivity index (χ1v) is 5.86. The van der Waals surface area contributed by atoms with E-state index in [1.165, 1.54) is 6.92 Å². The molecule has 0 saturated heterocycles. The van der Waals surface area contributed by atoms with Crippen molar-refractivity contribution >= 4 is 17.0 Å². The van der Waals surface area contributed by atoms with Crippen LogP contribution in [0, 0.1) is 6.92 Å². The van der Waals surface area contributed by atoms with Crippen molar-refractivity contribution in [3.05, 3.63) is 34.6 Å². The smallest absolute Gasteiger partial charge is 0.416 e. The van der Waals surface area contributed by atoms with Crippen LogP contribution in [0.1, 0.15) is 34.2 Å². The van der Waals surface area contributed by atoms with Gasteiger partial charge in [0.25, 0.3) is 0 Å². The molecule has 0 spiro atoms. The molecular formula is C13H11F3N2O2. The Hall–Kier alpha value is -2.18. The molecule has 2 rings (SSSR count). The molecular weight excluding hydrogens is 273 g/mol. The molecule has 4 nitrogen and oxygen atoms in total. The Morgan fingerprint density at radius 2 is 1.95 bits per heavy atom. The summed E-state index contributed by atoms with van der Waals surface area (Å²) < 4.78 is 38.8. The molecule has 1 aromatic heterocycles. The second-order valence-corrected chi connectivity index (χ2v) is 4.27. The van der Waals surface area contributed by atoms with Crippen LogP contribution in [0.2, 0.25) is 0 Å². The van der Waals surface area contributed by atoms with Gasteiger partial charge >= 0.3 is 12.1 Å². The topological polar surface area (TPSA) is 63.1 Å². The van der Waals surface area contributed by atoms with Crippen LogP contribution in [0.3, 0.4) is 0 Å². The van der Waals surface area contributed by atoms with Crippen molar-refractivity contribution < 1.29 is 23.1 Å². The van der Waals surface area contributed by atoms with Crippen LogP contribution < -0.4 is 0 Å². The van der Waals surface area contributed by atoms with Gasteiger partial charge in [0, 0.05) is 0 Å². The number of fused-ring (bicyclic) bond motifs is 1. The van der Waals surface area contributed by atoms with Crippen molar-refractivity contribution in [2.45, 2.75) is 26.4 Å². The lowest BCUT2D eigenvalue weighted by Crippen LogP contribution is -2.12. The summed E-state index contributed by atoms with van der Waals surface area (Å²) in [5, 5.41) is 8.95. The summed E-state index contributed by atoms with van der Waals surface area (Å²) in [7, 11) is 0. The Morgan fingerprint density at radius 3 is 2.45 bits per heavy atom. The van der Waals surface area contributed by atoms with Crippen molar-refractivity contribution in [1.29, 1.82) is 0 Å². The van der Waals surface area contributed by atoms with E-state index in [9.17, 15) is 18.0 Å². The van der Waals surface area contributed by atoms with Crippen molar-refractivity contribution in [1.82, 2.24) is 9.97 Å². The third kappa shape index (κ3) is 2.31. The molecule has 1 aromatic carbocycles. The molecule has 106 valence electrons. The largest absolute Gasteiger partial charge is 0.476 e. The van der Waals surface area contributed by atoms with Gasteiger partial charge in [-0.15, -0.1) is 0 Å². The minimum atomic E-state index is -4.47. The molecule has 0 amide bonds. The summed E-state index contributed by atoms with van der Waals surface area (Å²) in [5.74, 6) is -1.25. The lowest BCUT2D eigenvalue weighted by Gasteiger charge is -2.14. The lowest BCUT2D eigenvalue weighted by atomic mass is 10.0. The Balaban J connectivity index is 2.82. The third-order valence-electron chi connectivity index (χ3n) is 2.98. The highest BCUT2D eigenvalue weighted by atomic mass is 19.4. The Bertz CT molecular complexity index is 696. The standard InChI is InChI=1S/C13H11F3N2O2/c1-3-7-8(13(14,15)16)4-5-9-11(7)17-6(2)10(18-9)12(19)20/h4-5H,3H2,1-2H3,(H,19,20). The first kappa shape index (κ1) is 14.2. The average Bonchev–Trinajstić information content (AvgIpc) is 2.35. The first-order valence-electron chi connectivity index (χ1n) is 5.86. The van der Waals surface area contributed by atoms with Crippen LogP contribution in [0.5, 0.6) is 0 Å². The first-order chi connectivity index (χ1) is 9.25. The second-order valence-electron chi connectivity index (χ2n) is 4.27. The van der Waals surface area contributed by atoms with E-state index < -0.39 is 17.7 Å². The minimum Gasteiger partial charge on any atom is -0.476 e. The number of aromatic carboxylic acids is 1. The van der Waals surface area contributed by atoms with Gasteiger partial charge in [0.05, 0.1) is 22.3 Å². The number of hydrogen-bond donors (Lipinski definition) is 1. The Labute approximate surface area is 112 Å². The molecule has 0 bridgehead atoms. The van der Waals surface area contributed by atoms with Crippen LogP contribution in [0.4, 0.5) is 13.2 Å². The van der Waals surface area contributed by atoms with E-state index in [2.05, 4.69) is 9.97 Å². The number of alkyl halides is 3. The fourth-order valence-corrected chi connectivity index (χ4v) is 2.09. The number of carboxylic acids is 1. The van der Waals surface area contributed by atoms with Crippen LogP contribution in [0.15, 0.2) is 12.1 Å². The molecule has 7 heteroatoms. The molecule has 1 heterocycles. The number of halogens is 3. The zero-order chi connectivity index (χ0) is 15.1. The van der Waals surface area contributed by atoms with E-state index in [4.69, 9.17) is 5.11 Å². The number of rotatable bonds is 2. The summed E-state index contributed by atoms with van der Waals surface area (Å²) in [6, 6.07) is 2.06. The van der Waals surface area contributed by atoms with Gasteiger partial charge in [-0.2, -0.15) is 13.2 Å². The van der Waals surface area contributed by atoms with Crippen molar-refractivity contribution in [2.24, 2.45) is 0 Å². The molecule has 0 aliphatic rings. The monoisotopic (exact) mass is 284 g/mol. The molecule has 0 aliphatic heterocycles. The van der Waals surface area contributed by atoms with Gasteiger partial charge < -0.3 is 5.11 Å². The highest BCUT2D eigenvalue weighted by Gasteiger charge is 2.34. The average molecular weight is 284 g/mol. The summed E-state index contributed by atoms with van der Waals surface area (Å²) >= 11 is 0. The number of carbonyl (C=O) groups is 1. The highest BCUT2D eigenvalue weighted by molar-refractivity contribution is 5.90. The van der Waals surface area contributed by atoms with Gasteiger partial charge in [0.2, 0.25) is 0 Å². The number of benzene rings is 1. The van der Waals surface area contributed by atoms with E-state index in [1.54, 1.807) is 6.92 Å². The molecule has 0 aliphatic carbocycles. The maximum absolute atomic E-state index is 12.9. The van der Waals surface area contributed by atoms with E-state index >= 15 is 0 Å². The lowest BCUT2D eigenvalue weighted by molar-refractivity contribution is -0.138. The van der Waals surface area contributed by atoms with Gasteiger partial charge in [-0.3, -0.25) is 0 Å². The molecule has 0 fully saturated rings. The molecule has 0 atom stereocenters. The van der Waals surface area contributed by atoms with Gasteiger partial charge in [-0.05, 0) is 31.0 Å². The van der Waals surface area contributed by atoms with Crippen LogP contribution in [-0.2, 0) is 12.6 Å². The Morgan fingerprint density at radius 1 is 1.30 bits per heavy atom. The molecule has 0 saturated carbocycles. The van der Waals surface area contributed by atoms with Crippen LogP contribution in [0.25, 0.3) is 11.0 Å². The summed E-state index contributed by atoms with van der Waals surface area (Å²) in [6.07, 6.45) is -4.34. The van der Waals surface area contributed by atoms with Gasteiger partial charge in [-0.25, -0.2) is 14.8 Å². The zero-order valence-electron chi connectivity index (χ0n) is 10.7. The van der Waals surface area contributed by atoms with Crippen LogP contribution in [-0.4, -0.2) is 21.0 Å². The Kier molecular flexibility index (Phi) is 3.37. The predicted octanol–water partition coefficient (Wildman–Crippen LogP) is 3.22. The minimum absolute atomic E-state index is 0.0301. The predicted molar refractivity (Wildman–Crippen MR) is 65.6 cm³/mol. The maximum atomic E-state index is 12.9. The number of hydrogen-bond acceptors (Lipinski definition) is 3. The molecule has 1 N–H and O–H groups in total. The second kappa shape index (κ2) is 4.73. The third-order valence-corrected chi connectivity index (χ3v) is 2.98. The van der Waals surface area contributed by atoms with Gasteiger partial charge in [0.1, 0.15) is 0 Å². The number of carboxylic acid groups (broad SMARTS) is 1. The SMILES string of the molecule is CCc1c(C(F)(F)F)ccc2nc(C(=O)O)c(C)nc12. The molecule has 20 heavy (non-hydrogen) atoms. The molecule has 2 aromatic rings. The normalized spacial score (nSPS) is 11.8. The highest BCUT2D eigenvalue weighted by Crippen LogP contribution is 2.35. The molecule has 0 unspecified atom stereocenters. The maximum Gasteiger partial charge on any atom is 0.416 e. The summed E-state index contributed by atoms with van der Waals surface area (Å²) in [4.78, 5) is 18.8. The number of aromatic nitrogens is 2. The number of nitrogens with zero attached hydrogens (tertiary/aromatic N) is 2. The van der Waals surface area contributed by atoms with Crippen molar-refractivity contribution in [3.63, 3.8) is 0 Å². The summed E-state index contributed by atoms with van der Waals surface area (Å²) in [5.41, 5.74) is -0.632. The van der Waals surface area contributed by atoms with E-state index in [-0.39, 0.29) is 34.4 Å². The van der Waals surface area contributed by atoms with Crippen LogP contribution >= 0.6 is 0 Å². The van der Waals surface area contributed by atoms with E-state index in [0.717, 1.165) is 12.1 Å². The molecule has 0 radical (unpaired) electrons. The fourth-order valence-electron chi connectivity index (χ4n) is 2.09. The van der Waals surface area contributed by atoms with Crippen molar-refractivity contribution in [2.75, 3.05) is 0 Å². The number of aryl methyl sites for hydroxylation is 2. The van der Waals surface area contributed by atoms with Gasteiger partial charge in [0.15, 0.2) is 5.69 Å². The van der Waals surface area contributed by atoms with Gasteiger partial charge in [-0.1, -0.05) is 6.92 Å². The zero-order valence-corrected chi connectivity index (χ0v) is 10.7. The van der Waals surface area contributed by atoms with E-state index in [0.29, 0.717) is 0 Å². The van der Waals surface area contributed by atoms with E-state index in [1.807, 2.05) is 0 Å².